The highest BCUT2D eigenvalue weighted by Gasteiger charge is 2.38. The lowest BCUT2D eigenvalue weighted by Crippen LogP contribution is -2.29. The monoisotopic (exact) mass is 306 g/mol. The van der Waals surface area contributed by atoms with Crippen LogP contribution in [0, 0.1) is 23.0 Å². The van der Waals surface area contributed by atoms with E-state index >= 15 is 0 Å². The van der Waals surface area contributed by atoms with E-state index in [-0.39, 0.29) is 16.7 Å². The molecule has 0 spiro atoms. The largest absolute Gasteiger partial charge is 0.377 e. The van der Waals surface area contributed by atoms with E-state index in [1.165, 1.54) is 16.8 Å². The van der Waals surface area contributed by atoms with Crippen molar-refractivity contribution in [3.05, 3.63) is 81.4 Å². The maximum atomic E-state index is 11.1. The molecule has 2 aromatic carbocycles. The second-order valence-electron chi connectivity index (χ2n) is 6.37. The van der Waals surface area contributed by atoms with Gasteiger partial charge in [0.1, 0.15) is 0 Å². The van der Waals surface area contributed by atoms with Gasteiger partial charge >= 0.3 is 0 Å². The number of aryl methyl sites for hydroxylation is 1. The van der Waals surface area contributed by atoms with Crippen molar-refractivity contribution in [2.45, 2.75) is 25.3 Å². The van der Waals surface area contributed by atoms with Crippen molar-refractivity contribution in [1.82, 2.24) is 0 Å². The number of hydrogen-bond acceptors (Lipinski definition) is 3. The number of rotatable bonds is 2. The third-order valence-corrected chi connectivity index (χ3v) is 5.05. The van der Waals surface area contributed by atoms with Crippen molar-refractivity contribution >= 4 is 11.4 Å². The maximum Gasteiger partial charge on any atom is 0.269 e. The number of nitrogens with zero attached hydrogens (tertiary/aromatic N) is 1. The zero-order valence-corrected chi connectivity index (χ0v) is 12.9. The van der Waals surface area contributed by atoms with E-state index in [2.05, 4.69) is 42.6 Å². The van der Waals surface area contributed by atoms with Crippen molar-refractivity contribution in [3.8, 4) is 0 Å². The fraction of sp³-hybridized carbons (Fsp3) is 0.263. The summed E-state index contributed by atoms with van der Waals surface area (Å²) in [7, 11) is 0. The van der Waals surface area contributed by atoms with Crippen molar-refractivity contribution < 1.29 is 4.92 Å². The summed E-state index contributed by atoms with van der Waals surface area (Å²) in [6.45, 7) is 2.11. The van der Waals surface area contributed by atoms with Gasteiger partial charge in [-0.2, -0.15) is 0 Å². The number of allylic oxidation sites excluding steroid dienone is 2. The van der Waals surface area contributed by atoms with Gasteiger partial charge in [-0.3, -0.25) is 10.1 Å². The van der Waals surface area contributed by atoms with Crippen molar-refractivity contribution in [2.24, 2.45) is 5.92 Å². The third-order valence-electron chi connectivity index (χ3n) is 5.05. The first-order chi connectivity index (χ1) is 11.1. The molecule has 0 saturated carbocycles. The average Bonchev–Trinajstić information content (AvgIpc) is 3.04. The normalized spacial score (nSPS) is 24.7. The minimum Gasteiger partial charge on any atom is -0.377 e. The minimum absolute atomic E-state index is 0.100. The number of non-ortho nitro benzene ring substituents is 1. The topological polar surface area (TPSA) is 55.2 Å². The molecule has 0 saturated heterocycles. The van der Waals surface area contributed by atoms with E-state index in [1.54, 1.807) is 18.2 Å². The van der Waals surface area contributed by atoms with Crippen LogP contribution in [0.5, 0.6) is 0 Å². The molecule has 23 heavy (non-hydrogen) atoms. The Bertz CT molecular complexity index is 813. The molecule has 3 atom stereocenters. The predicted octanol–water partition coefficient (Wildman–Crippen LogP) is 4.73. The fourth-order valence-electron chi connectivity index (χ4n) is 3.94. The molecule has 1 heterocycles. The van der Waals surface area contributed by atoms with Crippen LogP contribution >= 0.6 is 0 Å². The standard InChI is InChI=1S/C19H18N2O2/c1-12-5-2-9-16-15-8-4-10-17(15)19(20-18(12)16)13-6-3-7-14(11-13)21(22)23/h2-9,11,15,17,19-20H,10H2,1H3/t15-,17-,19-/m0/s1. The SMILES string of the molecule is Cc1cccc2c1N[C@@H](c1cccc([N+](=O)[O-])c1)[C@H]1CC=C[C@@H]21. The van der Waals surface area contributed by atoms with Gasteiger partial charge in [-0.15, -0.1) is 0 Å². The summed E-state index contributed by atoms with van der Waals surface area (Å²) in [5.41, 5.74) is 4.88. The molecule has 0 aromatic heterocycles. The molecule has 0 fully saturated rings. The molecule has 2 aliphatic rings. The van der Waals surface area contributed by atoms with Gasteiger partial charge in [0.25, 0.3) is 5.69 Å². The Hall–Kier alpha value is -2.62. The van der Waals surface area contributed by atoms with Gasteiger partial charge in [-0.1, -0.05) is 42.5 Å². The van der Waals surface area contributed by atoms with Crippen LogP contribution in [0.15, 0.2) is 54.6 Å². The number of benzene rings is 2. The van der Waals surface area contributed by atoms with Crippen LogP contribution in [0.3, 0.4) is 0 Å². The second-order valence-corrected chi connectivity index (χ2v) is 6.37. The van der Waals surface area contributed by atoms with E-state index < -0.39 is 0 Å². The maximum absolute atomic E-state index is 11.1. The number of nitro groups is 1. The van der Waals surface area contributed by atoms with Crippen molar-refractivity contribution in [3.63, 3.8) is 0 Å². The smallest absolute Gasteiger partial charge is 0.269 e. The van der Waals surface area contributed by atoms with Gasteiger partial charge in [0.15, 0.2) is 0 Å². The van der Waals surface area contributed by atoms with E-state index in [0.29, 0.717) is 11.8 Å². The molecule has 4 nitrogen and oxygen atoms in total. The molecule has 0 bridgehead atoms. The molecule has 116 valence electrons. The molecule has 1 N–H and O–H groups in total. The first-order valence-corrected chi connectivity index (χ1v) is 7.92. The van der Waals surface area contributed by atoms with Gasteiger partial charge in [-0.05, 0) is 36.0 Å². The number of anilines is 1. The quantitative estimate of drug-likeness (QED) is 0.496. The molecule has 0 unspecified atom stereocenters. The zero-order chi connectivity index (χ0) is 16.0. The minimum atomic E-state index is -0.324. The van der Waals surface area contributed by atoms with Crippen LogP contribution in [0.2, 0.25) is 0 Å². The van der Waals surface area contributed by atoms with Gasteiger partial charge in [-0.25, -0.2) is 0 Å². The summed E-state index contributed by atoms with van der Waals surface area (Å²) in [5.74, 6) is 0.793. The lowest BCUT2D eigenvalue weighted by atomic mass is 9.76. The summed E-state index contributed by atoms with van der Waals surface area (Å²) in [4.78, 5) is 10.8. The van der Waals surface area contributed by atoms with Gasteiger partial charge in [0, 0.05) is 23.7 Å². The molecule has 1 aliphatic heterocycles. The number of para-hydroxylation sites is 1. The Labute approximate surface area is 135 Å². The summed E-state index contributed by atoms with van der Waals surface area (Å²) < 4.78 is 0. The van der Waals surface area contributed by atoms with Gasteiger partial charge < -0.3 is 5.32 Å². The Morgan fingerprint density at radius 2 is 2.04 bits per heavy atom. The van der Waals surface area contributed by atoms with E-state index in [0.717, 1.165) is 12.0 Å². The highest BCUT2D eigenvalue weighted by molar-refractivity contribution is 5.64. The van der Waals surface area contributed by atoms with Gasteiger partial charge in [0.2, 0.25) is 0 Å². The van der Waals surface area contributed by atoms with Crippen LogP contribution in [0.1, 0.15) is 35.1 Å². The van der Waals surface area contributed by atoms with Crippen LogP contribution in [-0.2, 0) is 0 Å². The highest BCUT2D eigenvalue weighted by atomic mass is 16.6. The van der Waals surface area contributed by atoms with Gasteiger partial charge in [0.05, 0.1) is 11.0 Å². The summed E-state index contributed by atoms with van der Waals surface area (Å²) in [5, 5.41) is 14.7. The number of hydrogen-bond donors (Lipinski definition) is 1. The lowest BCUT2D eigenvalue weighted by molar-refractivity contribution is -0.384. The molecule has 4 heteroatoms. The molecule has 0 radical (unpaired) electrons. The first-order valence-electron chi connectivity index (χ1n) is 7.92. The predicted molar refractivity (Wildman–Crippen MR) is 90.6 cm³/mol. The van der Waals surface area contributed by atoms with Crippen LogP contribution in [0.4, 0.5) is 11.4 Å². The van der Waals surface area contributed by atoms with E-state index in [4.69, 9.17) is 0 Å². The Morgan fingerprint density at radius 1 is 1.22 bits per heavy atom. The molecule has 2 aromatic rings. The van der Waals surface area contributed by atoms with Crippen LogP contribution in [0.25, 0.3) is 0 Å². The number of fused-ring (bicyclic) bond motifs is 3. The number of nitro benzene ring substituents is 1. The van der Waals surface area contributed by atoms with E-state index in [1.807, 2.05) is 6.07 Å². The molecule has 1 aliphatic carbocycles. The Balaban J connectivity index is 1.80. The fourth-order valence-corrected chi connectivity index (χ4v) is 3.94. The Morgan fingerprint density at radius 3 is 2.87 bits per heavy atom. The summed E-state index contributed by atoms with van der Waals surface area (Å²) in [6.07, 6.45) is 5.52. The zero-order valence-electron chi connectivity index (χ0n) is 12.9. The average molecular weight is 306 g/mol. The molecular weight excluding hydrogens is 288 g/mol. The molecular formula is C19H18N2O2. The van der Waals surface area contributed by atoms with E-state index in [9.17, 15) is 10.1 Å². The molecule has 4 rings (SSSR count). The molecule has 0 amide bonds. The summed E-state index contributed by atoms with van der Waals surface area (Å²) in [6, 6.07) is 13.5. The second kappa shape index (κ2) is 5.23. The highest BCUT2D eigenvalue weighted by Crippen LogP contribution is 2.50. The van der Waals surface area contributed by atoms with Crippen molar-refractivity contribution in [2.75, 3.05) is 5.32 Å². The van der Waals surface area contributed by atoms with Crippen molar-refractivity contribution in [1.29, 1.82) is 0 Å². The summed E-state index contributed by atoms with van der Waals surface area (Å²) >= 11 is 0. The number of nitrogens with one attached hydrogen (secondary N) is 1. The lowest BCUT2D eigenvalue weighted by Gasteiger charge is -2.38. The van der Waals surface area contributed by atoms with Crippen LogP contribution < -0.4 is 5.32 Å². The van der Waals surface area contributed by atoms with Crippen LogP contribution in [-0.4, -0.2) is 4.92 Å². The first kappa shape index (κ1) is 14.0. The Kier molecular flexibility index (Phi) is 3.18. The third kappa shape index (κ3) is 2.22.